The van der Waals surface area contributed by atoms with Gasteiger partial charge in [-0.1, -0.05) is 11.3 Å². The summed E-state index contributed by atoms with van der Waals surface area (Å²) in [6, 6.07) is 0.147. The molecule has 1 aromatic heterocycles. The van der Waals surface area contributed by atoms with Gasteiger partial charge in [0, 0.05) is 12.1 Å². The number of rotatable bonds is 6. The first-order chi connectivity index (χ1) is 10.0. The Morgan fingerprint density at radius 3 is 2.57 bits per heavy atom. The fourth-order valence-electron chi connectivity index (χ4n) is 1.84. The first-order valence-corrected chi connectivity index (χ1v) is 7.98. The Kier molecular flexibility index (Phi) is 3.71. The summed E-state index contributed by atoms with van der Waals surface area (Å²) in [6.07, 6.45) is 4.29. The summed E-state index contributed by atoms with van der Waals surface area (Å²) < 4.78 is 0. The predicted molar refractivity (Wildman–Crippen MR) is 81.3 cm³/mol. The topological polar surface area (TPSA) is 109 Å². The molecule has 2 saturated carbocycles. The molecule has 1 unspecified atom stereocenters. The lowest BCUT2D eigenvalue weighted by atomic mass is 10.3. The molecule has 7 nitrogen and oxygen atoms in total. The van der Waals surface area contributed by atoms with Crippen molar-refractivity contribution in [1.82, 2.24) is 15.6 Å². The second-order valence-electron chi connectivity index (χ2n) is 5.63. The van der Waals surface area contributed by atoms with E-state index in [0.717, 1.165) is 25.7 Å². The zero-order chi connectivity index (χ0) is 15.0. The van der Waals surface area contributed by atoms with Gasteiger partial charge in [-0.15, -0.1) is 0 Å². The van der Waals surface area contributed by atoms with E-state index in [4.69, 9.17) is 5.73 Å². The molecular weight excluding hydrogens is 290 g/mol. The molecule has 2 aliphatic carbocycles. The third-order valence-corrected chi connectivity index (χ3v) is 4.43. The maximum Gasteiger partial charge on any atom is 0.265 e. The van der Waals surface area contributed by atoms with Crippen LogP contribution >= 0.6 is 11.3 Å². The van der Waals surface area contributed by atoms with Crippen LogP contribution in [-0.4, -0.2) is 34.9 Å². The Morgan fingerprint density at radius 1 is 1.29 bits per heavy atom. The van der Waals surface area contributed by atoms with Crippen LogP contribution in [-0.2, 0) is 4.79 Å². The Hall–Kier alpha value is -1.83. The summed E-state index contributed by atoms with van der Waals surface area (Å²) in [6.45, 7) is 1.66. The largest absolute Gasteiger partial charge is 0.382 e. The lowest BCUT2D eigenvalue weighted by Crippen LogP contribution is -2.45. The predicted octanol–water partition coefficient (Wildman–Crippen LogP) is 0.697. The van der Waals surface area contributed by atoms with Gasteiger partial charge in [-0.25, -0.2) is 4.98 Å². The molecule has 0 aliphatic heterocycles. The fraction of sp³-hybridized carbons (Fsp3) is 0.615. The van der Waals surface area contributed by atoms with E-state index < -0.39 is 6.04 Å². The summed E-state index contributed by atoms with van der Waals surface area (Å²) >= 11 is 1.22. The average molecular weight is 309 g/mol. The number of nitrogens with zero attached hydrogens (tertiary/aromatic N) is 1. The molecule has 0 radical (unpaired) electrons. The number of anilines is 2. The number of hydrogen-bond acceptors (Lipinski definition) is 6. The van der Waals surface area contributed by atoms with Gasteiger partial charge in [0.1, 0.15) is 16.7 Å². The van der Waals surface area contributed by atoms with E-state index in [1.807, 2.05) is 0 Å². The maximum absolute atomic E-state index is 12.2. The summed E-state index contributed by atoms with van der Waals surface area (Å²) in [4.78, 5) is 28.5. The zero-order valence-electron chi connectivity index (χ0n) is 11.8. The van der Waals surface area contributed by atoms with Crippen molar-refractivity contribution in [3.05, 3.63) is 4.88 Å². The molecule has 114 valence electrons. The molecule has 1 heterocycles. The summed E-state index contributed by atoms with van der Waals surface area (Å²) in [5.74, 6) is -0.312. The monoisotopic (exact) mass is 309 g/mol. The third kappa shape index (κ3) is 3.63. The van der Waals surface area contributed by atoms with Gasteiger partial charge in [-0.3, -0.25) is 9.59 Å². The summed E-state index contributed by atoms with van der Waals surface area (Å²) in [5, 5.41) is 9.39. The number of amides is 2. The molecule has 0 aromatic carbocycles. The van der Waals surface area contributed by atoms with Gasteiger partial charge >= 0.3 is 0 Å². The summed E-state index contributed by atoms with van der Waals surface area (Å²) in [7, 11) is 0. The quantitative estimate of drug-likeness (QED) is 0.618. The van der Waals surface area contributed by atoms with Crippen molar-refractivity contribution < 1.29 is 9.59 Å². The molecule has 1 atom stereocenters. The Balaban J connectivity index is 1.58. The smallest absolute Gasteiger partial charge is 0.265 e. The lowest BCUT2D eigenvalue weighted by molar-refractivity contribution is -0.122. The number of aromatic nitrogens is 1. The average Bonchev–Trinajstić information content (AvgIpc) is 3.32. The van der Waals surface area contributed by atoms with Crippen LogP contribution in [0.1, 0.15) is 42.3 Å². The zero-order valence-corrected chi connectivity index (χ0v) is 12.6. The fourth-order valence-corrected chi connectivity index (χ4v) is 2.71. The van der Waals surface area contributed by atoms with Gasteiger partial charge in [0.2, 0.25) is 5.91 Å². The van der Waals surface area contributed by atoms with Crippen molar-refractivity contribution in [3.63, 3.8) is 0 Å². The Bertz CT molecular complexity index is 565. The molecule has 0 bridgehead atoms. The minimum Gasteiger partial charge on any atom is -0.382 e. The van der Waals surface area contributed by atoms with Crippen LogP contribution < -0.4 is 21.7 Å². The van der Waals surface area contributed by atoms with Gasteiger partial charge in [0.25, 0.3) is 5.91 Å². The van der Waals surface area contributed by atoms with Crippen LogP contribution in [0.25, 0.3) is 0 Å². The number of hydrogen-bond donors (Lipinski definition) is 4. The molecule has 8 heteroatoms. The number of carbonyl (C=O) groups is 2. The van der Waals surface area contributed by atoms with Gasteiger partial charge in [0.15, 0.2) is 5.13 Å². The maximum atomic E-state index is 12.2. The van der Waals surface area contributed by atoms with Crippen LogP contribution in [0, 0.1) is 0 Å². The molecule has 0 saturated heterocycles. The van der Waals surface area contributed by atoms with E-state index in [9.17, 15) is 9.59 Å². The molecule has 21 heavy (non-hydrogen) atoms. The first-order valence-electron chi connectivity index (χ1n) is 7.17. The van der Waals surface area contributed by atoms with Crippen molar-refractivity contribution in [1.29, 1.82) is 0 Å². The van der Waals surface area contributed by atoms with Gasteiger partial charge in [-0.2, -0.15) is 0 Å². The minimum absolute atomic E-state index is 0.162. The van der Waals surface area contributed by atoms with Gasteiger partial charge in [0.05, 0.1) is 0 Å². The molecule has 0 spiro atoms. The minimum atomic E-state index is -0.584. The van der Waals surface area contributed by atoms with Gasteiger partial charge < -0.3 is 21.7 Å². The number of carbonyl (C=O) groups excluding carboxylic acids is 2. The Morgan fingerprint density at radius 2 is 1.95 bits per heavy atom. The third-order valence-electron chi connectivity index (χ3n) is 3.43. The van der Waals surface area contributed by atoms with E-state index in [1.165, 1.54) is 11.3 Å². The van der Waals surface area contributed by atoms with Crippen molar-refractivity contribution in [2.45, 2.75) is 50.7 Å². The highest BCUT2D eigenvalue weighted by molar-refractivity contribution is 7.18. The van der Waals surface area contributed by atoms with E-state index in [1.54, 1.807) is 6.92 Å². The molecular formula is C13H19N5O2S. The van der Waals surface area contributed by atoms with Crippen LogP contribution in [0.3, 0.4) is 0 Å². The van der Waals surface area contributed by atoms with E-state index >= 15 is 0 Å². The highest BCUT2D eigenvalue weighted by Gasteiger charge is 2.28. The number of thiazole rings is 1. The van der Waals surface area contributed by atoms with E-state index in [0.29, 0.717) is 16.1 Å². The molecule has 2 aliphatic rings. The standard InChI is InChI=1S/C13H19N5O2S/c1-6(11(19)16-7-2-3-7)15-12(20)9-10(14)18-13(21-9)17-8-4-5-8/h6-8H,2-5,14H2,1H3,(H,15,20)(H,16,19)(H,17,18). The van der Waals surface area contributed by atoms with Crippen molar-refractivity contribution >= 4 is 34.1 Å². The molecule has 5 N–H and O–H groups in total. The molecule has 3 rings (SSSR count). The van der Waals surface area contributed by atoms with Crippen LogP contribution in [0.15, 0.2) is 0 Å². The second kappa shape index (κ2) is 5.51. The lowest BCUT2D eigenvalue weighted by Gasteiger charge is -2.13. The van der Waals surface area contributed by atoms with E-state index in [2.05, 4.69) is 20.9 Å². The van der Waals surface area contributed by atoms with Crippen LogP contribution in [0.2, 0.25) is 0 Å². The normalized spacial score (nSPS) is 18.9. The van der Waals surface area contributed by atoms with Gasteiger partial charge in [-0.05, 0) is 32.6 Å². The molecule has 2 amide bonds. The number of nitrogens with two attached hydrogens (primary N) is 1. The summed E-state index contributed by atoms with van der Waals surface area (Å²) in [5.41, 5.74) is 5.78. The SMILES string of the molecule is CC(NC(=O)c1sc(NC2CC2)nc1N)C(=O)NC1CC1. The van der Waals surface area contributed by atoms with Crippen molar-refractivity contribution in [2.24, 2.45) is 0 Å². The first kappa shape index (κ1) is 14.1. The number of nitrogens with one attached hydrogen (secondary N) is 3. The number of nitrogen functional groups attached to an aromatic ring is 1. The highest BCUT2D eigenvalue weighted by atomic mass is 32.1. The highest BCUT2D eigenvalue weighted by Crippen LogP contribution is 2.30. The van der Waals surface area contributed by atoms with Crippen LogP contribution in [0.4, 0.5) is 10.9 Å². The van der Waals surface area contributed by atoms with Crippen molar-refractivity contribution in [3.8, 4) is 0 Å². The van der Waals surface area contributed by atoms with E-state index in [-0.39, 0.29) is 23.7 Å². The molecule has 2 fully saturated rings. The van der Waals surface area contributed by atoms with Crippen LogP contribution in [0.5, 0.6) is 0 Å². The second-order valence-corrected chi connectivity index (χ2v) is 6.63. The Labute approximate surface area is 126 Å². The van der Waals surface area contributed by atoms with Crippen molar-refractivity contribution in [2.75, 3.05) is 11.1 Å². The molecule has 1 aromatic rings.